The number of carbonyl (C=O) groups is 1. The van der Waals surface area contributed by atoms with E-state index >= 15 is 0 Å². The monoisotopic (exact) mass is 508 g/mol. The summed E-state index contributed by atoms with van der Waals surface area (Å²) in [6.45, 7) is 2.10. The number of halogens is 1. The van der Waals surface area contributed by atoms with Gasteiger partial charge in [-0.05, 0) is 36.1 Å². The third kappa shape index (κ3) is 3.57. The molecule has 0 aliphatic carbocycles. The van der Waals surface area contributed by atoms with Crippen LogP contribution in [0.1, 0.15) is 25.1 Å². The van der Waals surface area contributed by atoms with Gasteiger partial charge in [0.2, 0.25) is 0 Å². The minimum Gasteiger partial charge on any atom is -0.496 e. The van der Waals surface area contributed by atoms with Crippen molar-refractivity contribution >= 4 is 55.2 Å². The molecule has 0 spiro atoms. The normalized spacial score (nSPS) is 17.3. The molecule has 8 heteroatoms. The molecule has 2 heterocycles. The van der Waals surface area contributed by atoms with Crippen molar-refractivity contribution in [2.24, 2.45) is 10.1 Å². The maximum atomic E-state index is 13.3. The number of amides is 1. The maximum absolute atomic E-state index is 13.3. The molecule has 0 fully saturated rings. The van der Waals surface area contributed by atoms with Crippen LogP contribution in [0, 0.1) is 0 Å². The van der Waals surface area contributed by atoms with Gasteiger partial charge in [-0.15, -0.1) is 5.10 Å². The summed E-state index contributed by atoms with van der Waals surface area (Å²) in [6.07, 6.45) is 0.515. The van der Waals surface area contributed by atoms with Crippen LogP contribution in [-0.2, 0) is 4.79 Å². The number of fused-ring (bicyclic) bond motifs is 3. The number of rotatable bonds is 4. The quantitative estimate of drug-likeness (QED) is 0.580. The Morgan fingerprint density at radius 1 is 1.16 bits per heavy atom. The lowest BCUT2D eigenvalue weighted by Gasteiger charge is -2.34. The van der Waals surface area contributed by atoms with Gasteiger partial charge in [0.1, 0.15) is 11.4 Å². The number of nitrogens with one attached hydrogen (secondary N) is 1. The van der Waals surface area contributed by atoms with Gasteiger partial charge in [0, 0.05) is 26.4 Å². The fourth-order valence-electron chi connectivity index (χ4n) is 4.02. The van der Waals surface area contributed by atoms with E-state index in [4.69, 9.17) is 14.8 Å². The number of hydrogen-bond donors (Lipinski definition) is 1. The largest absolute Gasteiger partial charge is 0.496 e. The van der Waals surface area contributed by atoms with Crippen LogP contribution < -0.4 is 20.6 Å². The molecule has 0 unspecified atom stereocenters. The predicted molar refractivity (Wildman–Crippen MR) is 132 cm³/mol. The zero-order chi connectivity index (χ0) is 22.2. The number of nitrogens with zero attached hydrogens (tertiary/aromatic N) is 3. The van der Waals surface area contributed by atoms with Crippen molar-refractivity contribution in [2.45, 2.75) is 19.5 Å². The Morgan fingerprint density at radius 2 is 1.97 bits per heavy atom. The fourth-order valence-corrected chi connectivity index (χ4v) is 5.08. The molecule has 1 N–H and O–H groups in total. The van der Waals surface area contributed by atoms with Gasteiger partial charge < -0.3 is 4.74 Å². The average Bonchev–Trinajstić information content (AvgIpc) is 2.81. The lowest BCUT2D eigenvalue weighted by molar-refractivity contribution is -0.116. The molecule has 0 aromatic heterocycles. The SMILES string of the molecule is CCCSC1=NN2C(=c3cc(Br)ccc3=N[C@H]2c2ccc(OC)c3ccccc23)C(=O)N1. The van der Waals surface area contributed by atoms with E-state index in [1.54, 1.807) is 23.9 Å². The Morgan fingerprint density at radius 3 is 2.75 bits per heavy atom. The smallest absolute Gasteiger partial charge is 0.276 e. The Balaban J connectivity index is 1.77. The van der Waals surface area contributed by atoms with Gasteiger partial charge in [-0.25, -0.2) is 5.01 Å². The lowest BCUT2D eigenvalue weighted by atomic mass is 10.00. The molecule has 3 aromatic rings. The first-order chi connectivity index (χ1) is 15.6. The number of hydrazone groups is 1. The zero-order valence-electron chi connectivity index (χ0n) is 17.6. The minimum atomic E-state index is -0.474. The van der Waals surface area contributed by atoms with Crippen molar-refractivity contribution in [3.05, 3.63) is 75.2 Å². The second-order valence-electron chi connectivity index (χ2n) is 7.47. The van der Waals surface area contributed by atoms with Gasteiger partial charge in [-0.1, -0.05) is 64.9 Å². The van der Waals surface area contributed by atoms with Crippen LogP contribution in [0.3, 0.4) is 0 Å². The first-order valence-electron chi connectivity index (χ1n) is 10.4. The molecule has 3 aromatic carbocycles. The summed E-state index contributed by atoms with van der Waals surface area (Å²) in [6, 6.07) is 17.8. The van der Waals surface area contributed by atoms with Gasteiger partial charge in [0.15, 0.2) is 11.3 Å². The van der Waals surface area contributed by atoms with E-state index < -0.39 is 6.17 Å². The number of methoxy groups -OCH3 is 1. The molecule has 0 radical (unpaired) electrons. The van der Waals surface area contributed by atoms with Crippen LogP contribution in [-0.4, -0.2) is 28.9 Å². The average molecular weight is 509 g/mol. The molecule has 32 heavy (non-hydrogen) atoms. The molecule has 0 saturated heterocycles. The number of hydrogen-bond acceptors (Lipinski definition) is 6. The molecule has 1 atom stereocenters. The zero-order valence-corrected chi connectivity index (χ0v) is 20.0. The molecule has 6 nitrogen and oxygen atoms in total. The van der Waals surface area contributed by atoms with Crippen LogP contribution in [0.25, 0.3) is 16.5 Å². The second-order valence-corrected chi connectivity index (χ2v) is 9.47. The van der Waals surface area contributed by atoms with Crippen LogP contribution in [0.2, 0.25) is 0 Å². The van der Waals surface area contributed by atoms with Gasteiger partial charge in [0.25, 0.3) is 5.91 Å². The van der Waals surface area contributed by atoms with E-state index in [-0.39, 0.29) is 5.91 Å². The minimum absolute atomic E-state index is 0.171. The van der Waals surface area contributed by atoms with Gasteiger partial charge in [-0.2, -0.15) is 0 Å². The first kappa shape index (κ1) is 21.0. The summed E-state index contributed by atoms with van der Waals surface area (Å²) < 4.78 is 6.46. The van der Waals surface area contributed by atoms with Gasteiger partial charge in [0.05, 0.1) is 12.5 Å². The summed E-state index contributed by atoms with van der Waals surface area (Å²) in [5.41, 5.74) is 1.47. The topological polar surface area (TPSA) is 66.3 Å². The van der Waals surface area contributed by atoms with Gasteiger partial charge in [-0.3, -0.25) is 15.1 Å². The molecular weight excluding hydrogens is 488 g/mol. The highest BCUT2D eigenvalue weighted by atomic mass is 79.9. The van der Waals surface area contributed by atoms with Crippen LogP contribution in [0.5, 0.6) is 5.75 Å². The highest BCUT2D eigenvalue weighted by Crippen LogP contribution is 2.37. The van der Waals surface area contributed by atoms with Crippen molar-refractivity contribution in [1.82, 2.24) is 10.3 Å². The van der Waals surface area contributed by atoms with Crippen LogP contribution in [0.15, 0.2) is 69.2 Å². The van der Waals surface area contributed by atoms with E-state index in [9.17, 15) is 4.79 Å². The lowest BCUT2D eigenvalue weighted by Crippen LogP contribution is -2.50. The number of ether oxygens (including phenoxy) is 1. The van der Waals surface area contributed by atoms with Crippen molar-refractivity contribution in [3.8, 4) is 5.75 Å². The van der Waals surface area contributed by atoms with Gasteiger partial charge >= 0.3 is 0 Å². The third-order valence-electron chi connectivity index (χ3n) is 5.43. The number of benzene rings is 3. The summed E-state index contributed by atoms with van der Waals surface area (Å²) in [4.78, 5) is 18.3. The number of thioether (sulfide) groups is 1. The summed E-state index contributed by atoms with van der Waals surface area (Å²) >= 11 is 5.06. The molecule has 0 bridgehead atoms. The van der Waals surface area contributed by atoms with Crippen molar-refractivity contribution < 1.29 is 9.53 Å². The number of amidine groups is 1. The number of carbonyl (C=O) groups excluding carboxylic acids is 1. The molecule has 162 valence electrons. The van der Waals surface area contributed by atoms with E-state index in [0.29, 0.717) is 10.9 Å². The molecule has 5 rings (SSSR count). The fraction of sp³-hybridized carbons (Fsp3) is 0.208. The molecule has 2 aliphatic heterocycles. The molecule has 1 amide bonds. The Bertz CT molecular complexity index is 1390. The van der Waals surface area contributed by atoms with Crippen molar-refractivity contribution in [2.75, 3.05) is 12.9 Å². The Hall–Kier alpha value is -2.84. The van der Waals surface area contributed by atoms with E-state index in [0.717, 1.165) is 49.3 Å². The molecule has 0 saturated carbocycles. The first-order valence-corrected chi connectivity index (χ1v) is 12.1. The maximum Gasteiger partial charge on any atom is 0.276 e. The van der Waals surface area contributed by atoms with Crippen LogP contribution >= 0.6 is 27.7 Å². The molecular formula is C24H21BrN4O2S. The third-order valence-corrected chi connectivity index (χ3v) is 6.99. The van der Waals surface area contributed by atoms with E-state index in [1.807, 2.05) is 48.5 Å². The van der Waals surface area contributed by atoms with E-state index in [2.05, 4.69) is 34.2 Å². The van der Waals surface area contributed by atoms with E-state index in [1.165, 1.54) is 0 Å². The standard InChI is InChI=1S/C24H21BrN4O2S/c1-3-12-32-24-27-23(30)21-18-13-14(25)8-10-19(18)26-22(29(21)28-24)17-9-11-20(31-2)16-7-5-4-6-15(16)17/h4-11,13,22H,3,12H2,1-2H3,(H,27,28,30)/t22-/m1/s1. The second kappa shape index (κ2) is 8.60. The highest BCUT2D eigenvalue weighted by Gasteiger charge is 2.35. The summed E-state index contributed by atoms with van der Waals surface area (Å²) in [5, 5.41) is 13.7. The Kier molecular flexibility index (Phi) is 5.65. The predicted octanol–water partition coefficient (Wildman–Crippen LogP) is 3.90. The molecule has 2 aliphatic rings. The summed E-state index contributed by atoms with van der Waals surface area (Å²) in [5.74, 6) is 1.50. The summed E-state index contributed by atoms with van der Waals surface area (Å²) in [7, 11) is 1.67. The Labute approximate surface area is 198 Å². The highest BCUT2D eigenvalue weighted by molar-refractivity contribution is 9.10. The van der Waals surface area contributed by atoms with Crippen molar-refractivity contribution in [1.29, 1.82) is 0 Å². The van der Waals surface area contributed by atoms with Crippen molar-refractivity contribution in [3.63, 3.8) is 0 Å². The van der Waals surface area contributed by atoms with Crippen LogP contribution in [0.4, 0.5) is 0 Å².